The van der Waals surface area contributed by atoms with Gasteiger partial charge in [-0.2, -0.15) is 0 Å². The van der Waals surface area contributed by atoms with Crippen molar-refractivity contribution in [3.8, 4) is 0 Å². The molecule has 5 nitrogen and oxygen atoms in total. The van der Waals surface area contributed by atoms with Crippen LogP contribution >= 0.6 is 0 Å². The molecule has 0 fully saturated rings. The second-order valence-electron chi connectivity index (χ2n) is 4.79. The summed E-state index contributed by atoms with van der Waals surface area (Å²) in [5.41, 5.74) is 3.74. The Kier molecular flexibility index (Phi) is 6.49. The molecule has 0 aliphatic carbocycles. The van der Waals surface area contributed by atoms with Gasteiger partial charge in [0.05, 0.1) is 12.7 Å². The number of nitrogen functional groups attached to an aromatic ring is 1. The second kappa shape index (κ2) is 7.89. The molecule has 1 amide bonds. The highest BCUT2D eigenvalue weighted by atomic mass is 16.5. The molecule has 1 aromatic carbocycles. The number of hydrazine groups is 1. The van der Waals surface area contributed by atoms with Crippen LogP contribution in [-0.4, -0.2) is 37.1 Å². The van der Waals surface area contributed by atoms with Crippen LogP contribution in [0.15, 0.2) is 24.3 Å². The summed E-state index contributed by atoms with van der Waals surface area (Å²) in [4.78, 5) is 13.8. The molecular formula is C14H23N3O2. The Morgan fingerprint density at radius 1 is 1.42 bits per heavy atom. The highest BCUT2D eigenvalue weighted by Gasteiger charge is 2.11. The van der Waals surface area contributed by atoms with E-state index in [9.17, 15) is 4.79 Å². The number of ether oxygens (including phenoxy) is 1. The fourth-order valence-corrected chi connectivity index (χ4v) is 1.77. The second-order valence-corrected chi connectivity index (χ2v) is 4.79. The molecule has 1 aromatic rings. The number of amides is 1. The average Bonchev–Trinajstić information content (AvgIpc) is 2.38. The van der Waals surface area contributed by atoms with Crippen LogP contribution < -0.4 is 11.3 Å². The van der Waals surface area contributed by atoms with Crippen LogP contribution in [0.1, 0.15) is 29.8 Å². The maximum Gasteiger partial charge on any atom is 0.265 e. The Bertz CT molecular complexity index is 407. The molecule has 0 radical (unpaired) electrons. The van der Waals surface area contributed by atoms with Crippen LogP contribution in [0.4, 0.5) is 0 Å². The highest BCUT2D eigenvalue weighted by Crippen LogP contribution is 2.10. The fourth-order valence-electron chi connectivity index (χ4n) is 1.77. The van der Waals surface area contributed by atoms with Crippen molar-refractivity contribution in [2.75, 3.05) is 20.2 Å². The van der Waals surface area contributed by atoms with Crippen molar-refractivity contribution in [1.82, 2.24) is 10.3 Å². The van der Waals surface area contributed by atoms with Gasteiger partial charge in [-0.05, 0) is 32.5 Å². The number of hydrogen-bond donors (Lipinski definition) is 2. The number of rotatable bonds is 7. The molecule has 0 aliphatic heterocycles. The molecule has 0 atom stereocenters. The third kappa shape index (κ3) is 5.38. The maximum absolute atomic E-state index is 11.6. The first kappa shape index (κ1) is 15.6. The molecule has 3 N–H and O–H groups in total. The van der Waals surface area contributed by atoms with E-state index < -0.39 is 0 Å². The number of nitrogens with one attached hydrogen (secondary N) is 1. The van der Waals surface area contributed by atoms with Crippen molar-refractivity contribution in [2.45, 2.75) is 26.5 Å². The Morgan fingerprint density at radius 2 is 2.11 bits per heavy atom. The van der Waals surface area contributed by atoms with Gasteiger partial charge >= 0.3 is 0 Å². The molecular weight excluding hydrogens is 242 g/mol. The monoisotopic (exact) mass is 265 g/mol. The van der Waals surface area contributed by atoms with Gasteiger partial charge in [-0.1, -0.05) is 18.2 Å². The lowest BCUT2D eigenvalue weighted by atomic mass is 10.1. The first-order valence-electron chi connectivity index (χ1n) is 6.43. The zero-order chi connectivity index (χ0) is 14.3. The molecule has 0 unspecified atom stereocenters. The maximum atomic E-state index is 11.6. The number of hydrogen-bond acceptors (Lipinski definition) is 4. The van der Waals surface area contributed by atoms with E-state index in [1.54, 1.807) is 6.07 Å². The Morgan fingerprint density at radius 3 is 2.74 bits per heavy atom. The highest BCUT2D eigenvalue weighted by molar-refractivity contribution is 5.95. The summed E-state index contributed by atoms with van der Waals surface area (Å²) in [6.45, 7) is 6.21. The summed E-state index contributed by atoms with van der Waals surface area (Å²) in [5, 5.41) is 0. The van der Waals surface area contributed by atoms with E-state index in [4.69, 9.17) is 10.6 Å². The van der Waals surface area contributed by atoms with Gasteiger partial charge in [0.25, 0.3) is 5.91 Å². The Labute approximate surface area is 114 Å². The Hall–Kier alpha value is -1.43. The van der Waals surface area contributed by atoms with Gasteiger partial charge in [-0.15, -0.1) is 0 Å². The van der Waals surface area contributed by atoms with Gasteiger partial charge in [0, 0.05) is 18.7 Å². The number of benzene rings is 1. The summed E-state index contributed by atoms with van der Waals surface area (Å²) in [7, 11) is 2.00. The van der Waals surface area contributed by atoms with Crippen LogP contribution in [0.25, 0.3) is 0 Å². The van der Waals surface area contributed by atoms with Crippen LogP contribution in [0.5, 0.6) is 0 Å². The molecule has 106 valence electrons. The van der Waals surface area contributed by atoms with Crippen molar-refractivity contribution in [2.24, 2.45) is 5.84 Å². The van der Waals surface area contributed by atoms with Crippen LogP contribution in [-0.2, 0) is 11.3 Å². The summed E-state index contributed by atoms with van der Waals surface area (Å²) in [5.74, 6) is 4.92. The van der Waals surface area contributed by atoms with Crippen LogP contribution in [0, 0.1) is 0 Å². The molecule has 0 bridgehead atoms. The molecule has 1 rings (SSSR count). The average molecular weight is 265 g/mol. The van der Waals surface area contributed by atoms with E-state index in [0.717, 1.165) is 12.1 Å². The molecule has 0 aliphatic rings. The molecule has 19 heavy (non-hydrogen) atoms. The zero-order valence-electron chi connectivity index (χ0n) is 11.8. The van der Waals surface area contributed by atoms with E-state index >= 15 is 0 Å². The van der Waals surface area contributed by atoms with Gasteiger partial charge in [-0.3, -0.25) is 15.1 Å². The predicted octanol–water partition coefficient (Wildman–Crippen LogP) is 1.15. The van der Waals surface area contributed by atoms with Crippen LogP contribution in [0.2, 0.25) is 0 Å². The lowest BCUT2D eigenvalue weighted by Crippen LogP contribution is -2.32. The van der Waals surface area contributed by atoms with Gasteiger partial charge < -0.3 is 4.74 Å². The van der Waals surface area contributed by atoms with E-state index in [1.165, 1.54) is 0 Å². The van der Waals surface area contributed by atoms with Crippen molar-refractivity contribution >= 4 is 5.91 Å². The number of nitrogens with two attached hydrogens (primary N) is 1. The first-order valence-corrected chi connectivity index (χ1v) is 6.43. The fraction of sp³-hybridized carbons (Fsp3) is 0.500. The molecule has 0 spiro atoms. The lowest BCUT2D eigenvalue weighted by Gasteiger charge is -2.19. The zero-order valence-corrected chi connectivity index (χ0v) is 11.8. The summed E-state index contributed by atoms with van der Waals surface area (Å²) in [6.07, 6.45) is 0.240. The van der Waals surface area contributed by atoms with Crippen molar-refractivity contribution in [3.63, 3.8) is 0 Å². The number of carbonyl (C=O) groups excluding carboxylic acids is 1. The standard InChI is InChI=1S/C14H23N3O2/c1-11(2)19-9-8-17(3)10-12-6-4-5-7-13(12)14(18)16-15/h4-7,11H,8-10,15H2,1-3H3,(H,16,18). The van der Waals surface area contributed by atoms with Gasteiger partial charge in [0.2, 0.25) is 0 Å². The van der Waals surface area contributed by atoms with Crippen molar-refractivity contribution in [1.29, 1.82) is 0 Å². The van der Waals surface area contributed by atoms with Gasteiger partial charge in [-0.25, -0.2) is 5.84 Å². The summed E-state index contributed by atoms with van der Waals surface area (Å²) >= 11 is 0. The Balaban J connectivity index is 2.58. The van der Waals surface area contributed by atoms with Crippen LogP contribution in [0.3, 0.4) is 0 Å². The third-order valence-corrected chi connectivity index (χ3v) is 2.76. The van der Waals surface area contributed by atoms with Gasteiger partial charge in [0.15, 0.2) is 0 Å². The largest absolute Gasteiger partial charge is 0.377 e. The number of nitrogens with zero attached hydrogens (tertiary/aromatic N) is 1. The molecule has 5 heteroatoms. The number of carbonyl (C=O) groups is 1. The minimum absolute atomic E-state index is 0.240. The third-order valence-electron chi connectivity index (χ3n) is 2.76. The molecule has 0 saturated heterocycles. The quantitative estimate of drug-likeness (QED) is 0.441. The summed E-state index contributed by atoms with van der Waals surface area (Å²) < 4.78 is 5.51. The topological polar surface area (TPSA) is 67.6 Å². The normalized spacial score (nSPS) is 11.1. The van der Waals surface area contributed by atoms with E-state index in [-0.39, 0.29) is 12.0 Å². The SMILES string of the molecule is CC(C)OCCN(C)Cc1ccccc1C(=O)NN. The lowest BCUT2D eigenvalue weighted by molar-refractivity contribution is 0.0626. The van der Waals surface area contributed by atoms with Crippen molar-refractivity contribution in [3.05, 3.63) is 35.4 Å². The minimum atomic E-state index is -0.262. The van der Waals surface area contributed by atoms with E-state index in [0.29, 0.717) is 18.7 Å². The first-order chi connectivity index (χ1) is 9.04. The van der Waals surface area contributed by atoms with Crippen molar-refractivity contribution < 1.29 is 9.53 Å². The molecule has 0 saturated carbocycles. The predicted molar refractivity (Wildman–Crippen MR) is 75.5 cm³/mol. The molecule has 0 heterocycles. The van der Waals surface area contributed by atoms with E-state index in [2.05, 4.69) is 10.3 Å². The van der Waals surface area contributed by atoms with Gasteiger partial charge in [0.1, 0.15) is 0 Å². The number of likely N-dealkylation sites (N-methyl/N-ethyl adjacent to an activating group) is 1. The smallest absolute Gasteiger partial charge is 0.265 e. The minimum Gasteiger partial charge on any atom is -0.377 e. The molecule has 0 aromatic heterocycles. The summed E-state index contributed by atoms with van der Waals surface area (Å²) in [6, 6.07) is 7.46. The van der Waals surface area contributed by atoms with E-state index in [1.807, 2.05) is 39.1 Å².